The lowest BCUT2D eigenvalue weighted by molar-refractivity contribution is 0.262. The van der Waals surface area contributed by atoms with Gasteiger partial charge in [0.2, 0.25) is 0 Å². The molecule has 0 aliphatic heterocycles. The fourth-order valence-corrected chi connectivity index (χ4v) is 1.76. The number of benzene rings is 2. The zero-order valence-corrected chi connectivity index (χ0v) is 11.6. The molecule has 2 aromatic rings. The molecule has 0 radical (unpaired) electrons. The minimum atomic E-state index is -0.364. The van der Waals surface area contributed by atoms with E-state index < -0.39 is 0 Å². The van der Waals surface area contributed by atoms with Gasteiger partial charge in [0.25, 0.3) is 0 Å². The lowest BCUT2D eigenvalue weighted by Crippen LogP contribution is -2.19. The summed E-state index contributed by atoms with van der Waals surface area (Å²) in [6.07, 6.45) is 0. The third-order valence-electron chi connectivity index (χ3n) is 2.59. The van der Waals surface area contributed by atoms with Crippen LogP contribution in [0.4, 0.5) is 21.9 Å². The molecule has 0 saturated carbocycles. The Labute approximate surface area is 121 Å². The number of carbonyl (C=O) groups is 1. The van der Waals surface area contributed by atoms with E-state index in [4.69, 9.17) is 22.1 Å². The summed E-state index contributed by atoms with van der Waals surface area (Å²) in [4.78, 5) is 11.8. The number of halogens is 1. The second kappa shape index (κ2) is 6.16. The molecular formula is C14H14ClN3O2. The van der Waals surface area contributed by atoms with Crippen LogP contribution in [0, 0.1) is 0 Å². The summed E-state index contributed by atoms with van der Waals surface area (Å²) >= 11 is 5.77. The average Bonchev–Trinajstić information content (AvgIpc) is 2.41. The molecule has 0 aromatic heterocycles. The SMILES string of the molecule is COc1ccc(NC(=O)Nc2ccc(Cl)cc2)cc1N. The van der Waals surface area contributed by atoms with Gasteiger partial charge in [0.15, 0.2) is 0 Å². The van der Waals surface area contributed by atoms with Gasteiger partial charge in [-0.2, -0.15) is 0 Å². The standard InChI is InChI=1S/C14H14ClN3O2/c1-20-13-7-6-11(8-12(13)16)18-14(19)17-10-4-2-9(15)3-5-10/h2-8H,16H2,1H3,(H2,17,18,19). The number of hydrogen-bond donors (Lipinski definition) is 3. The maximum Gasteiger partial charge on any atom is 0.323 e. The second-order valence-electron chi connectivity index (χ2n) is 4.04. The molecule has 0 atom stereocenters. The fraction of sp³-hybridized carbons (Fsp3) is 0.0714. The minimum absolute atomic E-state index is 0.364. The normalized spacial score (nSPS) is 9.90. The van der Waals surface area contributed by atoms with E-state index in [0.717, 1.165) is 0 Å². The molecule has 104 valence electrons. The molecule has 2 amide bonds. The lowest BCUT2D eigenvalue weighted by Gasteiger charge is -2.10. The number of methoxy groups -OCH3 is 1. The third kappa shape index (κ3) is 3.55. The van der Waals surface area contributed by atoms with Gasteiger partial charge in [-0.15, -0.1) is 0 Å². The lowest BCUT2D eigenvalue weighted by atomic mass is 10.2. The third-order valence-corrected chi connectivity index (χ3v) is 2.84. The van der Waals surface area contributed by atoms with Crippen molar-refractivity contribution in [2.24, 2.45) is 0 Å². The van der Waals surface area contributed by atoms with Gasteiger partial charge >= 0.3 is 6.03 Å². The summed E-state index contributed by atoms with van der Waals surface area (Å²) in [6, 6.07) is 11.5. The Balaban J connectivity index is 2.01. The summed E-state index contributed by atoms with van der Waals surface area (Å²) in [5, 5.41) is 5.97. The first-order valence-corrected chi connectivity index (χ1v) is 6.23. The highest BCUT2D eigenvalue weighted by Crippen LogP contribution is 2.24. The molecule has 20 heavy (non-hydrogen) atoms. The number of nitrogen functional groups attached to an aromatic ring is 1. The predicted octanol–water partition coefficient (Wildman–Crippen LogP) is 3.57. The molecule has 6 heteroatoms. The summed E-state index contributed by atoms with van der Waals surface area (Å²) < 4.78 is 5.05. The van der Waals surface area contributed by atoms with Crippen molar-refractivity contribution in [1.82, 2.24) is 0 Å². The Morgan fingerprint density at radius 3 is 2.30 bits per heavy atom. The first-order valence-electron chi connectivity index (χ1n) is 5.85. The Morgan fingerprint density at radius 2 is 1.70 bits per heavy atom. The Bertz CT molecular complexity index is 614. The molecule has 2 aromatic carbocycles. The second-order valence-corrected chi connectivity index (χ2v) is 4.48. The molecule has 0 fully saturated rings. The van der Waals surface area contributed by atoms with E-state index in [1.54, 1.807) is 42.5 Å². The van der Waals surface area contributed by atoms with E-state index in [1.807, 2.05) is 0 Å². The number of rotatable bonds is 3. The van der Waals surface area contributed by atoms with Crippen LogP contribution in [0.5, 0.6) is 5.75 Å². The van der Waals surface area contributed by atoms with Gasteiger partial charge in [-0.05, 0) is 42.5 Å². The van der Waals surface area contributed by atoms with Crippen molar-refractivity contribution >= 4 is 34.7 Å². The van der Waals surface area contributed by atoms with Gasteiger partial charge < -0.3 is 21.1 Å². The van der Waals surface area contributed by atoms with Crippen LogP contribution in [-0.2, 0) is 0 Å². The van der Waals surface area contributed by atoms with Crippen LogP contribution in [-0.4, -0.2) is 13.1 Å². The number of carbonyl (C=O) groups excluding carboxylic acids is 1. The van der Waals surface area contributed by atoms with Crippen LogP contribution in [0.2, 0.25) is 5.02 Å². The van der Waals surface area contributed by atoms with Crippen LogP contribution in [0.3, 0.4) is 0 Å². The van der Waals surface area contributed by atoms with Crippen LogP contribution < -0.4 is 21.1 Å². The number of nitrogens with one attached hydrogen (secondary N) is 2. The number of anilines is 3. The van der Waals surface area contributed by atoms with Gasteiger partial charge in [-0.3, -0.25) is 0 Å². The molecule has 0 bridgehead atoms. The van der Waals surface area contributed by atoms with E-state index in [9.17, 15) is 4.79 Å². The van der Waals surface area contributed by atoms with E-state index in [-0.39, 0.29) is 6.03 Å². The van der Waals surface area contributed by atoms with Gasteiger partial charge in [0.1, 0.15) is 5.75 Å². The van der Waals surface area contributed by atoms with Crippen molar-refractivity contribution in [3.05, 3.63) is 47.5 Å². The summed E-state index contributed by atoms with van der Waals surface area (Å²) in [5.74, 6) is 0.564. The molecule has 5 nitrogen and oxygen atoms in total. The van der Waals surface area contributed by atoms with Crippen LogP contribution in [0.25, 0.3) is 0 Å². The van der Waals surface area contributed by atoms with Gasteiger partial charge in [-0.1, -0.05) is 11.6 Å². The molecule has 0 spiro atoms. The van der Waals surface area contributed by atoms with Gasteiger partial charge in [0.05, 0.1) is 12.8 Å². The predicted molar refractivity (Wildman–Crippen MR) is 81.5 cm³/mol. The molecule has 4 N–H and O–H groups in total. The molecule has 0 aliphatic carbocycles. The highest BCUT2D eigenvalue weighted by molar-refractivity contribution is 6.30. The first-order chi connectivity index (χ1) is 9.58. The summed E-state index contributed by atoms with van der Waals surface area (Å²) in [6.45, 7) is 0. The Kier molecular flexibility index (Phi) is 4.32. The highest BCUT2D eigenvalue weighted by atomic mass is 35.5. The van der Waals surface area contributed by atoms with Crippen molar-refractivity contribution in [1.29, 1.82) is 0 Å². The van der Waals surface area contributed by atoms with Crippen LogP contribution in [0.15, 0.2) is 42.5 Å². The molecule has 2 rings (SSSR count). The van der Waals surface area contributed by atoms with Crippen molar-refractivity contribution < 1.29 is 9.53 Å². The van der Waals surface area contributed by atoms with Gasteiger partial charge in [-0.25, -0.2) is 4.79 Å². The fourth-order valence-electron chi connectivity index (χ4n) is 1.64. The number of amides is 2. The maximum absolute atomic E-state index is 11.8. The number of hydrogen-bond acceptors (Lipinski definition) is 3. The largest absolute Gasteiger partial charge is 0.495 e. The summed E-state index contributed by atoms with van der Waals surface area (Å²) in [5.41, 5.74) is 7.45. The van der Waals surface area contributed by atoms with E-state index >= 15 is 0 Å². The topological polar surface area (TPSA) is 76.4 Å². The smallest absolute Gasteiger partial charge is 0.323 e. The molecule has 0 aliphatic rings. The summed E-state index contributed by atoms with van der Waals surface area (Å²) in [7, 11) is 1.53. The van der Waals surface area contributed by atoms with Gasteiger partial charge in [0, 0.05) is 16.4 Å². The molecule has 0 heterocycles. The average molecular weight is 292 g/mol. The zero-order chi connectivity index (χ0) is 14.5. The van der Waals surface area contributed by atoms with E-state index in [2.05, 4.69) is 10.6 Å². The number of nitrogens with two attached hydrogens (primary N) is 1. The van der Waals surface area contributed by atoms with Crippen molar-refractivity contribution in [3.8, 4) is 5.75 Å². The first kappa shape index (κ1) is 14.0. The molecular weight excluding hydrogens is 278 g/mol. The Hall–Kier alpha value is -2.40. The van der Waals surface area contributed by atoms with Crippen molar-refractivity contribution in [2.45, 2.75) is 0 Å². The molecule has 0 saturated heterocycles. The Morgan fingerprint density at radius 1 is 1.10 bits per heavy atom. The minimum Gasteiger partial charge on any atom is -0.495 e. The van der Waals surface area contributed by atoms with E-state index in [1.165, 1.54) is 7.11 Å². The quantitative estimate of drug-likeness (QED) is 0.757. The van der Waals surface area contributed by atoms with E-state index in [0.29, 0.717) is 27.8 Å². The molecule has 0 unspecified atom stereocenters. The zero-order valence-electron chi connectivity index (χ0n) is 10.8. The van der Waals surface area contributed by atoms with Crippen LogP contribution in [0.1, 0.15) is 0 Å². The monoisotopic (exact) mass is 291 g/mol. The van der Waals surface area contributed by atoms with Crippen molar-refractivity contribution in [3.63, 3.8) is 0 Å². The van der Waals surface area contributed by atoms with Crippen molar-refractivity contribution in [2.75, 3.05) is 23.5 Å². The maximum atomic E-state index is 11.8. The van der Waals surface area contributed by atoms with Crippen LogP contribution >= 0.6 is 11.6 Å². The number of urea groups is 1. The highest BCUT2D eigenvalue weighted by Gasteiger charge is 2.05. The number of ether oxygens (including phenoxy) is 1.